The minimum atomic E-state index is -0.603. The summed E-state index contributed by atoms with van der Waals surface area (Å²) in [6, 6.07) is 6.67. The van der Waals surface area contributed by atoms with Crippen molar-refractivity contribution in [3.8, 4) is 0 Å². The van der Waals surface area contributed by atoms with Gasteiger partial charge in [0.2, 0.25) is 11.8 Å². The van der Waals surface area contributed by atoms with Crippen LogP contribution in [0.2, 0.25) is 0 Å². The van der Waals surface area contributed by atoms with Crippen LogP contribution in [-0.2, 0) is 9.59 Å². The quantitative estimate of drug-likeness (QED) is 0.612. The molecule has 1 aromatic rings. The number of hydrogen-bond donors (Lipinski definition) is 4. The van der Waals surface area contributed by atoms with Crippen LogP contribution in [0.4, 0.5) is 5.69 Å². The average molecular weight is 367 g/mol. The molecule has 1 spiro atoms. The molecule has 1 aliphatic carbocycles. The highest BCUT2D eigenvalue weighted by Crippen LogP contribution is 2.58. The molecule has 1 aromatic carbocycles. The van der Waals surface area contributed by atoms with Gasteiger partial charge in [-0.1, -0.05) is 6.07 Å². The second-order valence-corrected chi connectivity index (χ2v) is 6.59. The van der Waals surface area contributed by atoms with E-state index in [1.807, 2.05) is 0 Å². The Balaban J connectivity index is 0.00000225. The molecule has 2 aliphatic rings. The van der Waals surface area contributed by atoms with Gasteiger partial charge in [0.15, 0.2) is 0 Å². The zero-order valence-electron chi connectivity index (χ0n) is 13.8. The Hall–Kier alpha value is -2.12. The van der Waals surface area contributed by atoms with E-state index in [0.717, 1.165) is 32.4 Å². The van der Waals surface area contributed by atoms with Crippen LogP contribution in [-0.4, -0.2) is 37.4 Å². The predicted molar refractivity (Wildman–Crippen MR) is 96.5 cm³/mol. The molecule has 1 atom stereocenters. The molecule has 7 nitrogen and oxygen atoms in total. The standard InChI is InChI=1S/C17H22N4O3.ClH/c18-14(22)10-20-15(23)11-2-1-3-12(8-11)21-16(24)13-9-17(13)4-6-19-7-5-17;/h1-3,8,13,19H,4-7,9-10H2,(H2,18,22)(H,20,23)(H,21,24);1H. The number of nitrogens with one attached hydrogen (secondary N) is 3. The monoisotopic (exact) mass is 366 g/mol. The van der Waals surface area contributed by atoms with Crippen molar-refractivity contribution in [2.45, 2.75) is 19.3 Å². The molecule has 5 N–H and O–H groups in total. The number of carbonyl (C=O) groups excluding carboxylic acids is 3. The number of hydrogen-bond acceptors (Lipinski definition) is 4. The average Bonchev–Trinajstić information content (AvgIpc) is 3.26. The van der Waals surface area contributed by atoms with E-state index in [0.29, 0.717) is 11.3 Å². The topological polar surface area (TPSA) is 113 Å². The molecule has 0 aromatic heterocycles. The van der Waals surface area contributed by atoms with E-state index >= 15 is 0 Å². The minimum Gasteiger partial charge on any atom is -0.368 e. The number of carbonyl (C=O) groups is 3. The zero-order valence-corrected chi connectivity index (χ0v) is 14.7. The van der Waals surface area contributed by atoms with Crippen molar-refractivity contribution in [3.05, 3.63) is 29.8 Å². The van der Waals surface area contributed by atoms with Crippen LogP contribution in [0.1, 0.15) is 29.6 Å². The van der Waals surface area contributed by atoms with Gasteiger partial charge in [0.25, 0.3) is 5.91 Å². The summed E-state index contributed by atoms with van der Waals surface area (Å²) in [7, 11) is 0. The summed E-state index contributed by atoms with van der Waals surface area (Å²) in [5.74, 6) is -0.918. The second-order valence-electron chi connectivity index (χ2n) is 6.59. The fraction of sp³-hybridized carbons (Fsp3) is 0.471. The van der Waals surface area contributed by atoms with E-state index in [2.05, 4.69) is 16.0 Å². The largest absolute Gasteiger partial charge is 0.368 e. The van der Waals surface area contributed by atoms with Crippen LogP contribution in [0.25, 0.3) is 0 Å². The summed E-state index contributed by atoms with van der Waals surface area (Å²) in [6.07, 6.45) is 3.03. The number of piperidine rings is 1. The molecule has 136 valence electrons. The van der Waals surface area contributed by atoms with Crippen LogP contribution in [0, 0.1) is 11.3 Å². The number of amides is 3. The highest BCUT2D eigenvalue weighted by Gasteiger charge is 2.57. The Kier molecular flexibility index (Phi) is 6.02. The summed E-state index contributed by atoms with van der Waals surface area (Å²) < 4.78 is 0. The normalized spacial score (nSPS) is 20.2. The summed E-state index contributed by atoms with van der Waals surface area (Å²) in [5.41, 5.74) is 6.14. The Morgan fingerprint density at radius 3 is 2.64 bits per heavy atom. The molecule has 1 heterocycles. The van der Waals surface area contributed by atoms with E-state index in [1.54, 1.807) is 24.3 Å². The van der Waals surface area contributed by atoms with Crippen molar-refractivity contribution < 1.29 is 14.4 Å². The van der Waals surface area contributed by atoms with Crippen molar-refractivity contribution in [3.63, 3.8) is 0 Å². The molecule has 1 unspecified atom stereocenters. The van der Waals surface area contributed by atoms with Crippen molar-refractivity contribution in [2.75, 3.05) is 25.0 Å². The van der Waals surface area contributed by atoms with E-state index in [9.17, 15) is 14.4 Å². The van der Waals surface area contributed by atoms with Gasteiger partial charge in [-0.3, -0.25) is 14.4 Å². The van der Waals surface area contributed by atoms with Crippen molar-refractivity contribution in [1.29, 1.82) is 0 Å². The lowest BCUT2D eigenvalue weighted by atomic mass is 9.92. The fourth-order valence-corrected chi connectivity index (χ4v) is 3.43. The zero-order chi connectivity index (χ0) is 17.2. The third kappa shape index (κ3) is 4.49. The molecule has 1 saturated carbocycles. The van der Waals surface area contributed by atoms with E-state index in [4.69, 9.17) is 5.73 Å². The lowest BCUT2D eigenvalue weighted by Gasteiger charge is -2.23. The number of nitrogens with two attached hydrogens (primary N) is 1. The second kappa shape index (κ2) is 7.84. The summed E-state index contributed by atoms with van der Waals surface area (Å²) in [4.78, 5) is 35.1. The Labute approximate surface area is 152 Å². The molecule has 1 aliphatic heterocycles. The van der Waals surface area contributed by atoms with Gasteiger partial charge in [-0.25, -0.2) is 0 Å². The van der Waals surface area contributed by atoms with Crippen LogP contribution >= 0.6 is 12.4 Å². The molecule has 0 radical (unpaired) electrons. The minimum absolute atomic E-state index is 0. The van der Waals surface area contributed by atoms with Gasteiger partial charge in [0.05, 0.1) is 6.54 Å². The third-order valence-corrected chi connectivity index (χ3v) is 4.92. The molecule has 8 heteroatoms. The highest BCUT2D eigenvalue weighted by molar-refractivity contribution is 5.99. The van der Waals surface area contributed by atoms with Gasteiger partial charge in [0, 0.05) is 17.2 Å². The van der Waals surface area contributed by atoms with Crippen LogP contribution in [0.5, 0.6) is 0 Å². The van der Waals surface area contributed by atoms with Crippen LogP contribution < -0.4 is 21.7 Å². The Morgan fingerprint density at radius 1 is 1.24 bits per heavy atom. The van der Waals surface area contributed by atoms with Gasteiger partial charge in [-0.2, -0.15) is 0 Å². The lowest BCUT2D eigenvalue weighted by molar-refractivity contribution is -0.118. The van der Waals surface area contributed by atoms with Crippen molar-refractivity contribution >= 4 is 35.8 Å². The summed E-state index contributed by atoms with van der Waals surface area (Å²) in [6.45, 7) is 1.73. The van der Waals surface area contributed by atoms with Gasteiger partial charge < -0.3 is 21.7 Å². The maximum Gasteiger partial charge on any atom is 0.251 e. The first-order valence-electron chi connectivity index (χ1n) is 8.18. The molecule has 3 amide bonds. The smallest absolute Gasteiger partial charge is 0.251 e. The van der Waals surface area contributed by atoms with E-state index in [1.165, 1.54) is 0 Å². The fourth-order valence-electron chi connectivity index (χ4n) is 3.43. The van der Waals surface area contributed by atoms with Gasteiger partial charge in [-0.15, -0.1) is 12.4 Å². The van der Waals surface area contributed by atoms with Gasteiger partial charge >= 0.3 is 0 Å². The van der Waals surface area contributed by atoms with Crippen LogP contribution in [0.15, 0.2) is 24.3 Å². The number of benzene rings is 1. The first-order chi connectivity index (χ1) is 11.5. The van der Waals surface area contributed by atoms with Gasteiger partial charge in [-0.05, 0) is 56.0 Å². The van der Waals surface area contributed by atoms with Crippen molar-refractivity contribution in [1.82, 2.24) is 10.6 Å². The van der Waals surface area contributed by atoms with Crippen molar-refractivity contribution in [2.24, 2.45) is 17.1 Å². The molecular formula is C17H23ClN4O3. The van der Waals surface area contributed by atoms with Gasteiger partial charge in [0.1, 0.15) is 0 Å². The molecule has 3 rings (SSSR count). The Morgan fingerprint density at radius 2 is 1.96 bits per heavy atom. The van der Waals surface area contributed by atoms with E-state index < -0.39 is 11.8 Å². The highest BCUT2D eigenvalue weighted by atomic mass is 35.5. The number of halogens is 1. The lowest BCUT2D eigenvalue weighted by Crippen LogP contribution is -2.33. The SMILES string of the molecule is Cl.NC(=O)CNC(=O)c1cccc(NC(=O)C2CC23CCNCC3)c1. The molecular weight excluding hydrogens is 344 g/mol. The number of rotatable bonds is 5. The predicted octanol–water partition coefficient (Wildman–Crippen LogP) is 0.652. The molecule has 25 heavy (non-hydrogen) atoms. The number of primary amides is 1. The molecule has 2 fully saturated rings. The molecule has 0 bridgehead atoms. The summed E-state index contributed by atoms with van der Waals surface area (Å²) in [5, 5.41) is 8.65. The Bertz CT molecular complexity index is 674. The molecule has 1 saturated heterocycles. The number of anilines is 1. The van der Waals surface area contributed by atoms with Crippen LogP contribution in [0.3, 0.4) is 0 Å². The maximum absolute atomic E-state index is 12.5. The summed E-state index contributed by atoms with van der Waals surface area (Å²) >= 11 is 0. The third-order valence-electron chi connectivity index (χ3n) is 4.92. The van der Waals surface area contributed by atoms with E-state index in [-0.39, 0.29) is 36.2 Å². The first-order valence-corrected chi connectivity index (χ1v) is 8.18. The maximum atomic E-state index is 12.5. The first kappa shape index (κ1) is 19.2.